The van der Waals surface area contributed by atoms with Crippen molar-refractivity contribution in [3.63, 3.8) is 0 Å². The third kappa shape index (κ3) is 1.59. The molecule has 1 aromatic rings. The second-order valence-corrected chi connectivity index (χ2v) is 4.42. The largest absolute Gasteiger partial charge is 0.207 e. The van der Waals surface area contributed by atoms with Gasteiger partial charge in [-0.2, -0.15) is 0 Å². The van der Waals surface area contributed by atoms with E-state index in [1.54, 1.807) is 12.1 Å². The summed E-state index contributed by atoms with van der Waals surface area (Å²) in [5, 5.41) is 0. The maximum atomic E-state index is 13.1. The number of halogens is 1. The maximum absolute atomic E-state index is 13.1. The summed E-state index contributed by atoms with van der Waals surface area (Å²) in [5.74, 6) is -0.137. The lowest BCUT2D eigenvalue weighted by Gasteiger charge is -2.22. The van der Waals surface area contributed by atoms with E-state index < -0.39 is 0 Å². The molecule has 0 amide bonds. The maximum Gasteiger partial charge on any atom is 0.123 e. The number of allylic oxidation sites excluding steroid dienone is 2. The van der Waals surface area contributed by atoms with Crippen molar-refractivity contribution in [3.05, 3.63) is 47.3 Å². The van der Waals surface area contributed by atoms with Crippen LogP contribution in [0.2, 0.25) is 0 Å². The van der Waals surface area contributed by atoms with Crippen LogP contribution >= 0.6 is 0 Å². The molecule has 1 aliphatic carbocycles. The molecular formula is C13H15F. The van der Waals surface area contributed by atoms with Crippen molar-refractivity contribution in [3.8, 4) is 0 Å². The van der Waals surface area contributed by atoms with Crippen molar-refractivity contribution in [1.82, 2.24) is 0 Å². The molecule has 1 atom stereocenters. The van der Waals surface area contributed by atoms with Crippen LogP contribution in [0, 0.1) is 5.82 Å². The van der Waals surface area contributed by atoms with Gasteiger partial charge in [0.15, 0.2) is 0 Å². The lowest BCUT2D eigenvalue weighted by atomic mass is 9.82. The molecule has 0 saturated heterocycles. The molecule has 0 aliphatic heterocycles. The van der Waals surface area contributed by atoms with Gasteiger partial charge in [0, 0.05) is 5.41 Å². The summed E-state index contributed by atoms with van der Waals surface area (Å²) in [6, 6.07) is 6.95. The zero-order valence-corrected chi connectivity index (χ0v) is 8.68. The van der Waals surface area contributed by atoms with E-state index in [2.05, 4.69) is 19.9 Å². The average Bonchev–Trinajstić information content (AvgIpc) is 2.48. The first-order chi connectivity index (χ1) is 6.60. The SMILES string of the molecule is CC1=C[C@](C)(c2cccc(F)c2)CC1. The van der Waals surface area contributed by atoms with Gasteiger partial charge >= 0.3 is 0 Å². The van der Waals surface area contributed by atoms with E-state index in [-0.39, 0.29) is 11.2 Å². The van der Waals surface area contributed by atoms with Crippen LogP contribution in [-0.2, 0) is 5.41 Å². The Hall–Kier alpha value is -1.11. The molecule has 0 N–H and O–H groups in total. The van der Waals surface area contributed by atoms with E-state index in [1.807, 2.05) is 6.07 Å². The number of rotatable bonds is 1. The minimum atomic E-state index is -0.137. The summed E-state index contributed by atoms with van der Waals surface area (Å²) >= 11 is 0. The Balaban J connectivity index is 2.40. The molecule has 0 radical (unpaired) electrons. The van der Waals surface area contributed by atoms with Crippen molar-refractivity contribution in [1.29, 1.82) is 0 Å². The molecular weight excluding hydrogens is 175 g/mol. The van der Waals surface area contributed by atoms with Crippen molar-refractivity contribution in [2.45, 2.75) is 32.1 Å². The normalized spacial score (nSPS) is 26.4. The molecule has 0 spiro atoms. The van der Waals surface area contributed by atoms with Gasteiger partial charge in [-0.25, -0.2) is 4.39 Å². The highest BCUT2D eigenvalue weighted by molar-refractivity contribution is 5.34. The smallest absolute Gasteiger partial charge is 0.123 e. The van der Waals surface area contributed by atoms with E-state index in [1.165, 1.54) is 11.6 Å². The van der Waals surface area contributed by atoms with Gasteiger partial charge in [-0.3, -0.25) is 0 Å². The highest BCUT2D eigenvalue weighted by Crippen LogP contribution is 2.38. The molecule has 1 heteroatoms. The molecule has 1 aromatic carbocycles. The van der Waals surface area contributed by atoms with Gasteiger partial charge in [-0.1, -0.05) is 30.7 Å². The van der Waals surface area contributed by atoms with Gasteiger partial charge in [-0.15, -0.1) is 0 Å². The lowest BCUT2D eigenvalue weighted by molar-refractivity contribution is 0.565. The minimum Gasteiger partial charge on any atom is -0.207 e. The van der Waals surface area contributed by atoms with E-state index in [0.717, 1.165) is 18.4 Å². The van der Waals surface area contributed by atoms with Crippen LogP contribution in [0.3, 0.4) is 0 Å². The molecule has 0 aromatic heterocycles. The monoisotopic (exact) mass is 190 g/mol. The minimum absolute atomic E-state index is 0.0478. The van der Waals surface area contributed by atoms with Crippen LogP contribution in [-0.4, -0.2) is 0 Å². The van der Waals surface area contributed by atoms with Gasteiger partial charge in [0.05, 0.1) is 0 Å². The van der Waals surface area contributed by atoms with Crippen molar-refractivity contribution < 1.29 is 4.39 Å². The van der Waals surface area contributed by atoms with Gasteiger partial charge in [-0.05, 0) is 37.5 Å². The quantitative estimate of drug-likeness (QED) is 0.590. The first-order valence-corrected chi connectivity index (χ1v) is 5.04. The lowest BCUT2D eigenvalue weighted by Crippen LogP contribution is -2.15. The summed E-state index contributed by atoms with van der Waals surface area (Å²) in [6.45, 7) is 4.32. The van der Waals surface area contributed by atoms with Gasteiger partial charge in [0.1, 0.15) is 5.82 Å². The summed E-state index contributed by atoms with van der Waals surface area (Å²) in [4.78, 5) is 0. The molecule has 74 valence electrons. The van der Waals surface area contributed by atoms with Crippen molar-refractivity contribution in [2.75, 3.05) is 0 Å². The number of benzene rings is 1. The summed E-state index contributed by atoms with van der Waals surface area (Å²) in [7, 11) is 0. The second kappa shape index (κ2) is 3.23. The Morgan fingerprint density at radius 2 is 2.14 bits per heavy atom. The van der Waals surface area contributed by atoms with Crippen LogP contribution in [0.15, 0.2) is 35.9 Å². The molecule has 1 aliphatic rings. The molecule has 14 heavy (non-hydrogen) atoms. The molecule has 0 unspecified atom stereocenters. The number of hydrogen-bond donors (Lipinski definition) is 0. The van der Waals surface area contributed by atoms with E-state index in [0.29, 0.717) is 0 Å². The Kier molecular flexibility index (Phi) is 2.18. The fourth-order valence-corrected chi connectivity index (χ4v) is 2.22. The molecule has 0 nitrogen and oxygen atoms in total. The van der Waals surface area contributed by atoms with E-state index in [4.69, 9.17) is 0 Å². The van der Waals surface area contributed by atoms with Gasteiger partial charge in [0.25, 0.3) is 0 Å². The fraction of sp³-hybridized carbons (Fsp3) is 0.385. The average molecular weight is 190 g/mol. The molecule has 0 heterocycles. The highest BCUT2D eigenvalue weighted by Gasteiger charge is 2.28. The third-order valence-corrected chi connectivity index (χ3v) is 3.09. The Morgan fingerprint density at radius 1 is 1.36 bits per heavy atom. The zero-order chi connectivity index (χ0) is 10.2. The van der Waals surface area contributed by atoms with E-state index >= 15 is 0 Å². The molecule has 0 bridgehead atoms. The first-order valence-electron chi connectivity index (χ1n) is 5.04. The predicted molar refractivity (Wildman–Crippen MR) is 56.7 cm³/mol. The zero-order valence-electron chi connectivity index (χ0n) is 8.68. The molecule has 2 rings (SSSR count). The fourth-order valence-electron chi connectivity index (χ4n) is 2.22. The predicted octanol–water partition coefficient (Wildman–Crippen LogP) is 3.82. The third-order valence-electron chi connectivity index (χ3n) is 3.09. The van der Waals surface area contributed by atoms with Crippen LogP contribution < -0.4 is 0 Å². The Labute approximate surface area is 84.5 Å². The first kappa shape index (κ1) is 9.45. The number of hydrogen-bond acceptors (Lipinski definition) is 0. The van der Waals surface area contributed by atoms with E-state index in [9.17, 15) is 4.39 Å². The second-order valence-electron chi connectivity index (χ2n) is 4.42. The van der Waals surface area contributed by atoms with Crippen molar-refractivity contribution in [2.24, 2.45) is 0 Å². The van der Waals surface area contributed by atoms with Crippen LogP contribution in [0.1, 0.15) is 32.3 Å². The molecule has 0 saturated carbocycles. The Bertz CT molecular complexity index is 379. The topological polar surface area (TPSA) is 0 Å². The molecule has 0 fully saturated rings. The Morgan fingerprint density at radius 3 is 2.71 bits per heavy atom. The van der Waals surface area contributed by atoms with Crippen LogP contribution in [0.5, 0.6) is 0 Å². The standard InChI is InChI=1S/C13H15F/c1-10-6-7-13(2,9-10)11-4-3-5-12(14)8-11/h3-5,8-9H,6-7H2,1-2H3/t13-/m1/s1. The van der Waals surface area contributed by atoms with Crippen molar-refractivity contribution >= 4 is 0 Å². The summed E-state index contributed by atoms with van der Waals surface area (Å²) < 4.78 is 13.1. The highest BCUT2D eigenvalue weighted by atomic mass is 19.1. The summed E-state index contributed by atoms with van der Waals surface area (Å²) in [6.07, 6.45) is 4.50. The summed E-state index contributed by atoms with van der Waals surface area (Å²) in [5.41, 5.74) is 2.55. The van der Waals surface area contributed by atoms with Gasteiger partial charge in [0.2, 0.25) is 0 Å². The van der Waals surface area contributed by atoms with Crippen LogP contribution in [0.25, 0.3) is 0 Å². The van der Waals surface area contributed by atoms with Crippen LogP contribution in [0.4, 0.5) is 4.39 Å². The van der Waals surface area contributed by atoms with Gasteiger partial charge < -0.3 is 0 Å².